The van der Waals surface area contributed by atoms with E-state index in [-0.39, 0.29) is 0 Å². The molecule has 1 aliphatic rings. The summed E-state index contributed by atoms with van der Waals surface area (Å²) in [5.41, 5.74) is 1.00. The van der Waals surface area contributed by atoms with Crippen LogP contribution in [0.3, 0.4) is 0 Å². The van der Waals surface area contributed by atoms with Gasteiger partial charge in [-0.05, 0) is 17.7 Å². The van der Waals surface area contributed by atoms with Crippen molar-refractivity contribution in [1.82, 2.24) is 14.8 Å². The van der Waals surface area contributed by atoms with Gasteiger partial charge in [-0.1, -0.05) is 12.1 Å². The van der Waals surface area contributed by atoms with Crippen LogP contribution in [0.2, 0.25) is 0 Å². The van der Waals surface area contributed by atoms with Crippen LogP contribution in [0.25, 0.3) is 0 Å². The molecule has 1 aromatic heterocycles. The van der Waals surface area contributed by atoms with E-state index in [2.05, 4.69) is 20.9 Å². The van der Waals surface area contributed by atoms with Gasteiger partial charge < -0.3 is 0 Å². The first-order chi connectivity index (χ1) is 11.9. The normalized spacial score (nSPS) is 16.7. The smallest absolute Gasteiger partial charge is 0.297 e. The van der Waals surface area contributed by atoms with Crippen LogP contribution in [0.15, 0.2) is 29.6 Å². The Morgan fingerprint density at radius 2 is 1.64 bits per heavy atom. The minimum absolute atomic E-state index is 0.464. The molecule has 0 amide bonds. The summed E-state index contributed by atoms with van der Waals surface area (Å²) in [4.78, 5) is 8.13. The second-order valence-electron chi connectivity index (χ2n) is 5.99. The molecule has 1 saturated heterocycles. The van der Waals surface area contributed by atoms with Crippen molar-refractivity contribution in [3.63, 3.8) is 0 Å². The fourth-order valence-corrected chi connectivity index (χ4v) is 3.60. The van der Waals surface area contributed by atoms with Crippen LogP contribution in [0.1, 0.15) is 21.8 Å². The zero-order valence-electron chi connectivity index (χ0n) is 13.5. The van der Waals surface area contributed by atoms with E-state index < -0.39 is 11.9 Å². The maximum absolute atomic E-state index is 12.6. The number of nitrogens with zero attached hydrogens (tertiary/aromatic N) is 4. The summed E-state index contributed by atoms with van der Waals surface area (Å²) in [5.74, 6) is 0. The molecule has 1 aliphatic heterocycles. The minimum atomic E-state index is -4.37. The van der Waals surface area contributed by atoms with Crippen molar-refractivity contribution in [3.8, 4) is 6.07 Å². The molecule has 0 aliphatic carbocycles. The number of halogens is 3. The molecule has 0 radical (unpaired) electrons. The Bertz CT molecular complexity index is 740. The van der Waals surface area contributed by atoms with Crippen molar-refractivity contribution >= 4 is 11.3 Å². The quantitative estimate of drug-likeness (QED) is 0.832. The van der Waals surface area contributed by atoms with Crippen molar-refractivity contribution in [1.29, 1.82) is 5.26 Å². The Kier molecular flexibility index (Phi) is 5.37. The molecule has 25 heavy (non-hydrogen) atoms. The Labute approximate surface area is 148 Å². The summed E-state index contributed by atoms with van der Waals surface area (Å²) in [6.07, 6.45) is -4.37. The van der Waals surface area contributed by atoms with E-state index in [0.717, 1.165) is 55.0 Å². The summed E-state index contributed by atoms with van der Waals surface area (Å²) in [5, 5.41) is 10.4. The van der Waals surface area contributed by atoms with E-state index in [1.807, 2.05) is 24.3 Å². The highest BCUT2D eigenvalue weighted by Gasteiger charge is 2.33. The van der Waals surface area contributed by atoms with Crippen LogP contribution in [0.4, 0.5) is 13.2 Å². The molecule has 0 atom stereocenters. The molecular formula is C17H17F3N4S. The first-order valence-electron chi connectivity index (χ1n) is 7.89. The highest BCUT2D eigenvalue weighted by Crippen LogP contribution is 2.30. The van der Waals surface area contributed by atoms with Crippen molar-refractivity contribution < 1.29 is 13.2 Å². The van der Waals surface area contributed by atoms with Gasteiger partial charge in [0, 0.05) is 38.1 Å². The summed E-state index contributed by atoms with van der Waals surface area (Å²) in [6.45, 7) is 4.60. The molecule has 1 fully saturated rings. The largest absolute Gasteiger partial charge is 0.434 e. The van der Waals surface area contributed by atoms with Crippen molar-refractivity contribution in [2.75, 3.05) is 26.2 Å². The van der Waals surface area contributed by atoms with E-state index in [4.69, 9.17) is 5.26 Å². The SMILES string of the molecule is N#Cc1ccc(CN2CCN(Cc3nc(C(F)(F)F)cs3)CC2)cc1. The maximum atomic E-state index is 12.6. The van der Waals surface area contributed by atoms with E-state index in [9.17, 15) is 13.2 Å². The highest BCUT2D eigenvalue weighted by atomic mass is 32.1. The first-order valence-corrected chi connectivity index (χ1v) is 8.77. The Hall–Kier alpha value is -1.95. The Morgan fingerprint density at radius 1 is 1.04 bits per heavy atom. The summed E-state index contributed by atoms with van der Waals surface area (Å²) in [7, 11) is 0. The zero-order valence-corrected chi connectivity index (χ0v) is 14.3. The third-order valence-corrected chi connectivity index (χ3v) is 4.99. The zero-order chi connectivity index (χ0) is 17.9. The third-order valence-electron chi connectivity index (χ3n) is 4.16. The number of aromatic nitrogens is 1. The average molecular weight is 366 g/mol. The molecular weight excluding hydrogens is 349 g/mol. The van der Waals surface area contributed by atoms with Crippen LogP contribution in [-0.4, -0.2) is 41.0 Å². The predicted molar refractivity (Wildman–Crippen MR) is 88.8 cm³/mol. The number of thiazole rings is 1. The molecule has 2 aromatic rings. The second-order valence-corrected chi connectivity index (χ2v) is 6.93. The maximum Gasteiger partial charge on any atom is 0.434 e. The minimum Gasteiger partial charge on any atom is -0.297 e. The predicted octanol–water partition coefficient (Wildman–Crippen LogP) is 3.35. The molecule has 0 unspecified atom stereocenters. The number of piperazine rings is 1. The molecule has 0 saturated carbocycles. The molecule has 3 rings (SSSR count). The third kappa shape index (κ3) is 4.78. The van der Waals surface area contributed by atoms with Crippen molar-refractivity contribution in [2.24, 2.45) is 0 Å². The van der Waals surface area contributed by atoms with Crippen LogP contribution in [0.5, 0.6) is 0 Å². The van der Waals surface area contributed by atoms with Crippen molar-refractivity contribution in [2.45, 2.75) is 19.3 Å². The number of benzene rings is 1. The molecule has 0 bridgehead atoms. The lowest BCUT2D eigenvalue weighted by atomic mass is 10.1. The van der Waals surface area contributed by atoms with E-state index in [1.165, 1.54) is 0 Å². The number of hydrogen-bond acceptors (Lipinski definition) is 5. The van der Waals surface area contributed by atoms with Crippen molar-refractivity contribution in [3.05, 3.63) is 51.5 Å². The topological polar surface area (TPSA) is 43.2 Å². The average Bonchev–Trinajstić information content (AvgIpc) is 3.06. The van der Waals surface area contributed by atoms with Crippen LogP contribution >= 0.6 is 11.3 Å². The molecule has 0 N–H and O–H groups in total. The van der Waals surface area contributed by atoms with Gasteiger partial charge in [-0.15, -0.1) is 11.3 Å². The lowest BCUT2D eigenvalue weighted by Crippen LogP contribution is -2.45. The monoisotopic (exact) mass is 366 g/mol. The van der Waals surface area contributed by atoms with Crippen LogP contribution < -0.4 is 0 Å². The van der Waals surface area contributed by atoms with Gasteiger partial charge in [0.05, 0.1) is 18.2 Å². The fourth-order valence-electron chi connectivity index (χ4n) is 2.75. The highest BCUT2D eigenvalue weighted by molar-refractivity contribution is 7.09. The Balaban J connectivity index is 1.48. The van der Waals surface area contributed by atoms with Gasteiger partial charge in [-0.2, -0.15) is 18.4 Å². The molecule has 8 heteroatoms. The number of nitriles is 1. The first kappa shape index (κ1) is 17.9. The van der Waals surface area contributed by atoms with Gasteiger partial charge in [0.15, 0.2) is 5.69 Å². The molecule has 132 valence electrons. The molecule has 4 nitrogen and oxygen atoms in total. The number of alkyl halides is 3. The Morgan fingerprint density at radius 3 is 2.16 bits per heavy atom. The van der Waals surface area contributed by atoms with Gasteiger partial charge in [0.25, 0.3) is 0 Å². The summed E-state index contributed by atoms with van der Waals surface area (Å²) < 4.78 is 37.8. The standard InChI is InChI=1S/C17H17F3N4S/c18-17(19,20)15-12-25-16(22-15)11-24-7-5-23(6-8-24)10-14-3-1-13(9-21)2-4-14/h1-4,12H,5-8,10-11H2. The van der Waals surface area contributed by atoms with Gasteiger partial charge in [-0.25, -0.2) is 4.98 Å². The van der Waals surface area contributed by atoms with Gasteiger partial charge >= 0.3 is 6.18 Å². The van der Waals surface area contributed by atoms with Crippen LogP contribution in [-0.2, 0) is 19.3 Å². The molecule has 2 heterocycles. The number of rotatable bonds is 4. The molecule has 1 aromatic carbocycles. The molecule has 0 spiro atoms. The van der Waals surface area contributed by atoms with E-state index in [0.29, 0.717) is 17.1 Å². The second kappa shape index (κ2) is 7.52. The van der Waals surface area contributed by atoms with Gasteiger partial charge in [0.1, 0.15) is 5.01 Å². The van der Waals surface area contributed by atoms with E-state index >= 15 is 0 Å². The lowest BCUT2D eigenvalue weighted by molar-refractivity contribution is -0.140. The fraction of sp³-hybridized carbons (Fsp3) is 0.412. The summed E-state index contributed by atoms with van der Waals surface area (Å²) in [6, 6.07) is 9.64. The summed E-state index contributed by atoms with van der Waals surface area (Å²) >= 11 is 1.06. The van der Waals surface area contributed by atoms with Gasteiger partial charge in [-0.3, -0.25) is 9.80 Å². The van der Waals surface area contributed by atoms with Crippen LogP contribution in [0, 0.1) is 11.3 Å². The number of hydrogen-bond donors (Lipinski definition) is 0. The van der Waals surface area contributed by atoms with Gasteiger partial charge in [0.2, 0.25) is 0 Å². The lowest BCUT2D eigenvalue weighted by Gasteiger charge is -2.34. The van der Waals surface area contributed by atoms with E-state index in [1.54, 1.807) is 0 Å².